The minimum atomic E-state index is -0.205. The molecular weight excluding hydrogens is 239 g/mol. The first-order chi connectivity index (χ1) is 9.33. The normalized spacial score (nSPS) is 24.5. The Balaban J connectivity index is 1.89. The molecule has 3 heteroatoms. The van der Waals surface area contributed by atoms with Crippen LogP contribution >= 0.6 is 0 Å². The molecule has 1 aliphatic heterocycles. The van der Waals surface area contributed by atoms with Crippen molar-refractivity contribution in [3.8, 4) is 0 Å². The van der Waals surface area contributed by atoms with Gasteiger partial charge in [0, 0.05) is 31.7 Å². The molecule has 2 atom stereocenters. The summed E-state index contributed by atoms with van der Waals surface area (Å²) in [4.78, 5) is 2.46. The van der Waals surface area contributed by atoms with E-state index in [4.69, 9.17) is 0 Å². The summed E-state index contributed by atoms with van der Waals surface area (Å²) in [5, 5.41) is 3.64. The van der Waals surface area contributed by atoms with E-state index < -0.39 is 0 Å². The van der Waals surface area contributed by atoms with Gasteiger partial charge in [-0.3, -0.25) is 9.29 Å². The predicted molar refractivity (Wildman–Crippen MR) is 78.2 cm³/mol. The number of alkyl halides is 1. The molecule has 1 saturated heterocycles. The maximum absolute atomic E-state index is 12.4. The third-order valence-corrected chi connectivity index (χ3v) is 3.99. The lowest BCUT2D eigenvalue weighted by molar-refractivity contribution is 0.122. The summed E-state index contributed by atoms with van der Waals surface area (Å²) >= 11 is 0. The van der Waals surface area contributed by atoms with Crippen LogP contribution < -0.4 is 5.32 Å². The Hall–Kier alpha value is -0.930. The number of nitrogens with zero attached hydrogens (tertiary/aromatic N) is 1. The molecule has 0 radical (unpaired) electrons. The van der Waals surface area contributed by atoms with Gasteiger partial charge in [-0.15, -0.1) is 0 Å². The minimum Gasteiger partial charge on any atom is -0.311 e. The highest BCUT2D eigenvalue weighted by molar-refractivity contribution is 5.16. The number of benzene rings is 1. The molecule has 1 aliphatic rings. The van der Waals surface area contributed by atoms with E-state index in [1.807, 2.05) is 0 Å². The van der Waals surface area contributed by atoms with Crippen LogP contribution in [0.2, 0.25) is 0 Å². The van der Waals surface area contributed by atoms with E-state index in [0.29, 0.717) is 18.5 Å². The number of nitrogens with one attached hydrogen (secondary N) is 1. The summed E-state index contributed by atoms with van der Waals surface area (Å²) < 4.78 is 12.4. The van der Waals surface area contributed by atoms with Crippen LogP contribution in [0.5, 0.6) is 0 Å². The fourth-order valence-electron chi connectivity index (χ4n) is 2.90. The van der Waals surface area contributed by atoms with Crippen molar-refractivity contribution in [2.45, 2.75) is 38.3 Å². The fraction of sp³-hybridized carbons (Fsp3) is 0.625. The van der Waals surface area contributed by atoms with Crippen molar-refractivity contribution in [3.63, 3.8) is 0 Å². The molecule has 1 aromatic carbocycles. The van der Waals surface area contributed by atoms with E-state index in [1.54, 1.807) is 0 Å². The first-order valence-corrected chi connectivity index (χ1v) is 7.40. The van der Waals surface area contributed by atoms with Gasteiger partial charge in [-0.25, -0.2) is 0 Å². The van der Waals surface area contributed by atoms with Gasteiger partial charge in [-0.1, -0.05) is 37.3 Å². The van der Waals surface area contributed by atoms with E-state index in [0.717, 1.165) is 32.5 Å². The highest BCUT2D eigenvalue weighted by Gasteiger charge is 2.26. The zero-order valence-electron chi connectivity index (χ0n) is 11.8. The number of hydrogen-bond acceptors (Lipinski definition) is 2. The highest BCUT2D eigenvalue weighted by Crippen LogP contribution is 2.14. The predicted octanol–water partition coefficient (Wildman–Crippen LogP) is 2.64. The van der Waals surface area contributed by atoms with E-state index in [-0.39, 0.29) is 6.67 Å². The molecule has 0 spiro atoms. The molecule has 106 valence electrons. The van der Waals surface area contributed by atoms with Gasteiger partial charge < -0.3 is 5.32 Å². The Kier molecular flexibility index (Phi) is 5.80. The second-order valence-electron chi connectivity index (χ2n) is 5.39. The summed E-state index contributed by atoms with van der Waals surface area (Å²) in [6.07, 6.45) is 2.86. The SMILES string of the molecule is CCC1CNC(Cc2ccccc2)CN1CCCF. The van der Waals surface area contributed by atoms with Crippen LogP contribution in [0.25, 0.3) is 0 Å². The Labute approximate surface area is 116 Å². The Morgan fingerprint density at radius 2 is 2.11 bits per heavy atom. The van der Waals surface area contributed by atoms with Crippen molar-refractivity contribution in [1.82, 2.24) is 10.2 Å². The second kappa shape index (κ2) is 7.61. The number of rotatable bonds is 6. The molecule has 0 bridgehead atoms. The largest absolute Gasteiger partial charge is 0.311 e. The Morgan fingerprint density at radius 1 is 1.32 bits per heavy atom. The zero-order valence-corrected chi connectivity index (χ0v) is 11.8. The van der Waals surface area contributed by atoms with Gasteiger partial charge in [0.05, 0.1) is 6.67 Å². The van der Waals surface area contributed by atoms with E-state index >= 15 is 0 Å². The summed E-state index contributed by atoms with van der Waals surface area (Å²) in [6.45, 7) is 4.96. The van der Waals surface area contributed by atoms with Crippen LogP contribution in [0.3, 0.4) is 0 Å². The summed E-state index contributed by atoms with van der Waals surface area (Å²) in [7, 11) is 0. The lowest BCUT2D eigenvalue weighted by Gasteiger charge is -2.40. The average Bonchev–Trinajstić information content (AvgIpc) is 2.46. The summed E-state index contributed by atoms with van der Waals surface area (Å²) in [5.74, 6) is 0. The molecule has 2 rings (SSSR count). The molecule has 0 amide bonds. The van der Waals surface area contributed by atoms with Gasteiger partial charge in [0.2, 0.25) is 0 Å². The van der Waals surface area contributed by atoms with Crippen molar-refractivity contribution < 1.29 is 4.39 Å². The number of halogens is 1. The molecule has 0 saturated carbocycles. The molecule has 0 aliphatic carbocycles. The highest BCUT2D eigenvalue weighted by atomic mass is 19.1. The van der Waals surface area contributed by atoms with Crippen LogP contribution in [-0.2, 0) is 6.42 Å². The molecule has 19 heavy (non-hydrogen) atoms. The first-order valence-electron chi connectivity index (χ1n) is 7.40. The zero-order chi connectivity index (χ0) is 13.5. The Bertz CT molecular complexity index is 355. The van der Waals surface area contributed by atoms with Gasteiger partial charge in [0.25, 0.3) is 0 Å². The quantitative estimate of drug-likeness (QED) is 0.850. The molecule has 1 aromatic rings. The summed E-state index contributed by atoms with van der Waals surface area (Å²) in [5.41, 5.74) is 1.38. The van der Waals surface area contributed by atoms with Crippen molar-refractivity contribution in [2.24, 2.45) is 0 Å². The van der Waals surface area contributed by atoms with Crippen molar-refractivity contribution in [1.29, 1.82) is 0 Å². The van der Waals surface area contributed by atoms with Crippen LogP contribution in [-0.4, -0.2) is 43.3 Å². The first kappa shape index (κ1) is 14.5. The van der Waals surface area contributed by atoms with Crippen LogP contribution in [0.4, 0.5) is 4.39 Å². The van der Waals surface area contributed by atoms with Crippen LogP contribution in [0.15, 0.2) is 30.3 Å². The van der Waals surface area contributed by atoms with Gasteiger partial charge in [0.15, 0.2) is 0 Å². The monoisotopic (exact) mass is 264 g/mol. The molecule has 2 unspecified atom stereocenters. The van der Waals surface area contributed by atoms with Crippen molar-refractivity contribution in [3.05, 3.63) is 35.9 Å². The molecule has 1 heterocycles. The fourth-order valence-corrected chi connectivity index (χ4v) is 2.90. The lowest BCUT2D eigenvalue weighted by Crippen LogP contribution is -2.57. The standard InChI is InChI=1S/C16H25FN2/c1-2-16-12-18-15(13-19(16)10-6-9-17)11-14-7-4-3-5-8-14/h3-5,7-8,15-16,18H,2,6,9-13H2,1H3. The van der Waals surface area contributed by atoms with Crippen molar-refractivity contribution in [2.75, 3.05) is 26.3 Å². The summed E-state index contributed by atoms with van der Waals surface area (Å²) in [6, 6.07) is 11.7. The van der Waals surface area contributed by atoms with Gasteiger partial charge >= 0.3 is 0 Å². The van der Waals surface area contributed by atoms with E-state index in [1.165, 1.54) is 5.56 Å². The average molecular weight is 264 g/mol. The molecule has 0 aromatic heterocycles. The third-order valence-electron chi connectivity index (χ3n) is 3.99. The Morgan fingerprint density at radius 3 is 2.79 bits per heavy atom. The van der Waals surface area contributed by atoms with E-state index in [9.17, 15) is 4.39 Å². The molecular formula is C16H25FN2. The van der Waals surface area contributed by atoms with Gasteiger partial charge in [-0.05, 0) is 24.8 Å². The molecule has 1 N–H and O–H groups in total. The maximum atomic E-state index is 12.4. The maximum Gasteiger partial charge on any atom is 0.0906 e. The van der Waals surface area contributed by atoms with Crippen LogP contribution in [0, 0.1) is 0 Å². The topological polar surface area (TPSA) is 15.3 Å². The van der Waals surface area contributed by atoms with E-state index in [2.05, 4.69) is 47.5 Å². The smallest absolute Gasteiger partial charge is 0.0906 e. The number of hydrogen-bond donors (Lipinski definition) is 1. The second-order valence-corrected chi connectivity index (χ2v) is 5.39. The number of piperazine rings is 1. The van der Waals surface area contributed by atoms with Crippen LogP contribution in [0.1, 0.15) is 25.3 Å². The van der Waals surface area contributed by atoms with Gasteiger partial charge in [-0.2, -0.15) is 0 Å². The third kappa shape index (κ3) is 4.29. The van der Waals surface area contributed by atoms with Gasteiger partial charge in [0.1, 0.15) is 0 Å². The molecule has 1 fully saturated rings. The van der Waals surface area contributed by atoms with Crippen molar-refractivity contribution >= 4 is 0 Å². The molecule has 2 nitrogen and oxygen atoms in total. The minimum absolute atomic E-state index is 0.205. The lowest BCUT2D eigenvalue weighted by atomic mass is 10.0.